The third kappa shape index (κ3) is 5.72. The Morgan fingerprint density at radius 1 is 1.21 bits per heavy atom. The van der Waals surface area contributed by atoms with Crippen molar-refractivity contribution in [3.8, 4) is 0 Å². The number of nitrogens with zero attached hydrogens (tertiary/aromatic N) is 2. The van der Waals surface area contributed by atoms with Crippen molar-refractivity contribution in [2.45, 2.75) is 57.1 Å². The second kappa shape index (κ2) is 8.78. The van der Waals surface area contributed by atoms with Gasteiger partial charge in [0.15, 0.2) is 0 Å². The van der Waals surface area contributed by atoms with Crippen molar-refractivity contribution in [1.29, 1.82) is 0 Å². The first kappa shape index (κ1) is 19.1. The molecule has 2 saturated heterocycles. The molecule has 2 aliphatic heterocycles. The lowest BCUT2D eigenvalue weighted by Crippen LogP contribution is -2.50. The van der Waals surface area contributed by atoms with E-state index >= 15 is 0 Å². The van der Waals surface area contributed by atoms with Crippen LogP contribution < -0.4 is 11.1 Å². The summed E-state index contributed by atoms with van der Waals surface area (Å²) in [4.78, 5) is 27.3. The summed E-state index contributed by atoms with van der Waals surface area (Å²) >= 11 is 0. The zero-order valence-corrected chi connectivity index (χ0v) is 14.8. The van der Waals surface area contributed by atoms with E-state index in [1.54, 1.807) is 6.92 Å². The van der Waals surface area contributed by atoms with Crippen molar-refractivity contribution in [2.75, 3.05) is 39.3 Å². The highest BCUT2D eigenvalue weighted by molar-refractivity contribution is 5.76. The number of carbonyl (C=O) groups is 2. The van der Waals surface area contributed by atoms with Crippen LogP contribution in [0, 0.1) is 0 Å². The summed E-state index contributed by atoms with van der Waals surface area (Å²) in [6.45, 7) is 5.69. The van der Waals surface area contributed by atoms with Gasteiger partial charge in [0.2, 0.25) is 11.8 Å². The van der Waals surface area contributed by atoms with Gasteiger partial charge in [-0.1, -0.05) is 0 Å². The standard InChI is InChI=1S/C17H32N4O3/c1-14(22)19-15-4-10-20(11-5-15)13-17(24)6-2-9-21(12-7-17)16(23)3-8-18/h15,24H,2-13,18H2,1H3,(H,19,22)/t17-/m0/s1. The van der Waals surface area contributed by atoms with Crippen LogP contribution in [0.1, 0.15) is 45.4 Å². The molecule has 2 amide bonds. The first-order chi connectivity index (χ1) is 11.4. The third-order valence-electron chi connectivity index (χ3n) is 5.14. The second-order valence-electron chi connectivity index (χ2n) is 7.25. The largest absolute Gasteiger partial charge is 0.388 e. The molecule has 0 spiro atoms. The Labute approximate surface area is 144 Å². The fraction of sp³-hybridized carbons (Fsp3) is 0.882. The monoisotopic (exact) mass is 340 g/mol. The summed E-state index contributed by atoms with van der Waals surface area (Å²) in [5, 5.41) is 13.9. The van der Waals surface area contributed by atoms with E-state index in [2.05, 4.69) is 10.2 Å². The first-order valence-electron chi connectivity index (χ1n) is 9.11. The molecule has 0 aliphatic carbocycles. The fourth-order valence-corrected chi connectivity index (χ4v) is 3.81. The highest BCUT2D eigenvalue weighted by Crippen LogP contribution is 2.25. The summed E-state index contributed by atoms with van der Waals surface area (Å²) in [5.41, 5.74) is 4.74. The minimum atomic E-state index is -0.724. The van der Waals surface area contributed by atoms with Crippen molar-refractivity contribution in [1.82, 2.24) is 15.1 Å². The molecule has 24 heavy (non-hydrogen) atoms. The van der Waals surface area contributed by atoms with Crippen LogP contribution >= 0.6 is 0 Å². The average molecular weight is 340 g/mol. The normalized spacial score (nSPS) is 26.9. The summed E-state index contributed by atoms with van der Waals surface area (Å²) in [5.74, 6) is 0.121. The van der Waals surface area contributed by atoms with Gasteiger partial charge in [-0.15, -0.1) is 0 Å². The molecule has 0 aromatic carbocycles. The first-order valence-corrected chi connectivity index (χ1v) is 9.11. The molecule has 2 aliphatic rings. The highest BCUT2D eigenvalue weighted by atomic mass is 16.3. The van der Waals surface area contributed by atoms with Gasteiger partial charge in [-0.05, 0) is 32.1 Å². The number of carbonyl (C=O) groups excluding carboxylic acids is 2. The van der Waals surface area contributed by atoms with E-state index in [1.807, 2.05) is 4.90 Å². The maximum atomic E-state index is 12.0. The topological polar surface area (TPSA) is 98.9 Å². The molecule has 1 atom stereocenters. The minimum Gasteiger partial charge on any atom is -0.388 e. The van der Waals surface area contributed by atoms with Crippen molar-refractivity contribution in [3.05, 3.63) is 0 Å². The Morgan fingerprint density at radius 3 is 2.54 bits per heavy atom. The van der Waals surface area contributed by atoms with E-state index in [4.69, 9.17) is 5.73 Å². The molecule has 0 bridgehead atoms. The van der Waals surface area contributed by atoms with Gasteiger partial charge >= 0.3 is 0 Å². The number of β-amino-alcohol motifs (C(OH)–C–C–N with tert-alkyl or cyclic N) is 1. The van der Waals surface area contributed by atoms with Crippen LogP contribution in [-0.2, 0) is 9.59 Å². The third-order valence-corrected chi connectivity index (χ3v) is 5.14. The maximum Gasteiger partial charge on any atom is 0.223 e. The van der Waals surface area contributed by atoms with Crippen molar-refractivity contribution < 1.29 is 14.7 Å². The van der Waals surface area contributed by atoms with Gasteiger partial charge in [0, 0.05) is 58.7 Å². The van der Waals surface area contributed by atoms with E-state index in [9.17, 15) is 14.7 Å². The number of likely N-dealkylation sites (tertiary alicyclic amines) is 2. The van der Waals surface area contributed by atoms with Crippen LogP contribution in [0.5, 0.6) is 0 Å². The average Bonchev–Trinajstić information content (AvgIpc) is 2.71. The molecule has 0 saturated carbocycles. The molecule has 0 aromatic rings. The summed E-state index contributed by atoms with van der Waals surface area (Å²) < 4.78 is 0. The van der Waals surface area contributed by atoms with Gasteiger partial charge in [0.25, 0.3) is 0 Å². The van der Waals surface area contributed by atoms with Crippen LogP contribution in [-0.4, -0.2) is 77.6 Å². The number of nitrogens with two attached hydrogens (primary N) is 1. The molecule has 4 N–H and O–H groups in total. The molecule has 2 heterocycles. The molecule has 0 unspecified atom stereocenters. The van der Waals surface area contributed by atoms with Crippen molar-refractivity contribution >= 4 is 11.8 Å². The van der Waals surface area contributed by atoms with Crippen LogP contribution in [0.3, 0.4) is 0 Å². The SMILES string of the molecule is CC(=O)NC1CCN(C[C@]2(O)CCCN(C(=O)CCN)CC2)CC1. The number of piperidine rings is 1. The lowest BCUT2D eigenvalue weighted by Gasteiger charge is -2.38. The number of rotatable bonds is 5. The van der Waals surface area contributed by atoms with Crippen LogP contribution in [0.4, 0.5) is 0 Å². The smallest absolute Gasteiger partial charge is 0.223 e. The van der Waals surface area contributed by atoms with Gasteiger partial charge in [-0.3, -0.25) is 9.59 Å². The number of hydrogen-bond donors (Lipinski definition) is 3. The van der Waals surface area contributed by atoms with Crippen molar-refractivity contribution in [3.63, 3.8) is 0 Å². The van der Waals surface area contributed by atoms with E-state index in [0.717, 1.165) is 38.8 Å². The van der Waals surface area contributed by atoms with Crippen molar-refractivity contribution in [2.24, 2.45) is 5.73 Å². The lowest BCUT2D eigenvalue weighted by atomic mass is 9.93. The Bertz CT molecular complexity index is 438. The quantitative estimate of drug-likeness (QED) is 0.637. The lowest BCUT2D eigenvalue weighted by molar-refractivity contribution is -0.131. The summed E-state index contributed by atoms with van der Waals surface area (Å²) in [6.07, 6.45) is 4.41. The molecular formula is C17H32N4O3. The Morgan fingerprint density at radius 2 is 1.92 bits per heavy atom. The molecule has 0 radical (unpaired) electrons. The molecule has 7 nitrogen and oxygen atoms in total. The van der Waals surface area contributed by atoms with Gasteiger partial charge < -0.3 is 26.0 Å². The van der Waals surface area contributed by atoms with Gasteiger partial charge in [-0.2, -0.15) is 0 Å². The van der Waals surface area contributed by atoms with Gasteiger partial charge in [0.1, 0.15) is 0 Å². The Kier molecular flexibility index (Phi) is 7.01. The predicted octanol–water partition coefficient (Wildman–Crippen LogP) is -0.321. The zero-order chi connectivity index (χ0) is 17.6. The number of nitrogens with one attached hydrogen (secondary N) is 1. The molecule has 0 aromatic heterocycles. The number of aliphatic hydroxyl groups is 1. The van der Waals surface area contributed by atoms with E-state index in [-0.39, 0.29) is 17.9 Å². The van der Waals surface area contributed by atoms with E-state index in [1.165, 1.54) is 0 Å². The molecule has 2 rings (SSSR count). The van der Waals surface area contributed by atoms with Crippen LogP contribution in [0.15, 0.2) is 0 Å². The van der Waals surface area contributed by atoms with E-state index < -0.39 is 5.60 Å². The number of amides is 2. The summed E-state index contributed by atoms with van der Waals surface area (Å²) in [6, 6.07) is 0.256. The second-order valence-corrected chi connectivity index (χ2v) is 7.25. The fourth-order valence-electron chi connectivity index (χ4n) is 3.81. The molecular weight excluding hydrogens is 308 g/mol. The van der Waals surface area contributed by atoms with Crippen LogP contribution in [0.25, 0.3) is 0 Å². The minimum absolute atomic E-state index is 0.0260. The molecule has 7 heteroatoms. The Balaban J connectivity index is 1.80. The Hall–Kier alpha value is -1.18. The maximum absolute atomic E-state index is 12.0. The van der Waals surface area contributed by atoms with Gasteiger partial charge in [-0.25, -0.2) is 0 Å². The predicted molar refractivity (Wildman–Crippen MR) is 92.3 cm³/mol. The molecule has 2 fully saturated rings. The highest BCUT2D eigenvalue weighted by Gasteiger charge is 2.34. The number of hydrogen-bond acceptors (Lipinski definition) is 5. The summed E-state index contributed by atoms with van der Waals surface area (Å²) in [7, 11) is 0. The zero-order valence-electron chi connectivity index (χ0n) is 14.8. The molecule has 138 valence electrons. The van der Waals surface area contributed by atoms with Gasteiger partial charge in [0.05, 0.1) is 5.60 Å². The van der Waals surface area contributed by atoms with E-state index in [0.29, 0.717) is 39.0 Å². The van der Waals surface area contributed by atoms with Crippen LogP contribution in [0.2, 0.25) is 0 Å².